The van der Waals surface area contributed by atoms with Gasteiger partial charge in [0.25, 0.3) is 0 Å². The molecular weight excluding hydrogens is 196 g/mol. The number of nitrogens with one attached hydrogen (secondary N) is 1. The van der Waals surface area contributed by atoms with E-state index in [-0.39, 0.29) is 6.17 Å². The maximum atomic E-state index is 11.3. The van der Waals surface area contributed by atoms with Crippen LogP contribution >= 0.6 is 11.9 Å². The van der Waals surface area contributed by atoms with E-state index in [1.165, 1.54) is 21.7 Å². The Morgan fingerprint density at radius 3 is 2.92 bits per heavy atom. The van der Waals surface area contributed by atoms with E-state index in [1.54, 1.807) is 6.08 Å². The van der Waals surface area contributed by atoms with Crippen molar-refractivity contribution in [2.24, 2.45) is 0 Å². The smallest absolute Gasteiger partial charge is 0.237 e. The predicted molar refractivity (Wildman–Crippen MR) is 48.4 cm³/mol. The lowest BCUT2D eigenvalue weighted by molar-refractivity contribution is 0.398. The van der Waals surface area contributed by atoms with E-state index in [1.807, 2.05) is 11.5 Å². The van der Waals surface area contributed by atoms with Crippen molar-refractivity contribution in [2.75, 3.05) is 6.54 Å². The summed E-state index contributed by atoms with van der Waals surface area (Å²) in [7, 11) is -3.14. The highest BCUT2D eigenvalue weighted by Gasteiger charge is 2.30. The molecule has 1 unspecified atom stereocenters. The van der Waals surface area contributed by atoms with E-state index < -0.39 is 10.0 Å². The van der Waals surface area contributed by atoms with Gasteiger partial charge in [-0.15, -0.1) is 0 Å². The number of rotatable bonds is 1. The van der Waals surface area contributed by atoms with Crippen LogP contribution in [-0.4, -0.2) is 25.4 Å². The molecular formula is C6H8N2O2S2. The molecule has 1 atom stereocenters. The molecule has 66 valence electrons. The summed E-state index contributed by atoms with van der Waals surface area (Å²) in [6.45, 7) is 0.463. The van der Waals surface area contributed by atoms with Crippen LogP contribution in [0, 0.1) is 0 Å². The zero-order chi connectivity index (χ0) is 8.60. The minimum Gasteiger partial charge on any atom is -0.239 e. The fourth-order valence-electron chi connectivity index (χ4n) is 1.14. The minimum absolute atomic E-state index is 0.185. The molecule has 0 aromatic carbocycles. The van der Waals surface area contributed by atoms with E-state index in [4.69, 9.17) is 0 Å². The summed E-state index contributed by atoms with van der Waals surface area (Å²) in [5.74, 6) is 0. The Kier molecular flexibility index (Phi) is 1.99. The molecule has 0 fully saturated rings. The summed E-state index contributed by atoms with van der Waals surface area (Å²) >= 11 is 1.41. The molecule has 0 aromatic heterocycles. The van der Waals surface area contributed by atoms with Gasteiger partial charge in [-0.3, -0.25) is 0 Å². The molecule has 0 radical (unpaired) electrons. The standard InChI is InChI=1S/C6H8N2O2S2/c9-12(10)5-1-3-8(12)6-2-4-11-7-6/h1-2,4-7H,3H2. The zero-order valence-electron chi connectivity index (χ0n) is 6.17. The highest BCUT2D eigenvalue weighted by Crippen LogP contribution is 2.20. The van der Waals surface area contributed by atoms with Gasteiger partial charge in [-0.2, -0.15) is 4.31 Å². The molecule has 0 amide bonds. The Balaban J connectivity index is 2.21. The van der Waals surface area contributed by atoms with Crippen LogP contribution in [0.4, 0.5) is 0 Å². The summed E-state index contributed by atoms with van der Waals surface area (Å²) in [6.07, 6.45) is 3.29. The van der Waals surface area contributed by atoms with E-state index >= 15 is 0 Å². The summed E-state index contributed by atoms with van der Waals surface area (Å²) in [5, 5.41) is 3.09. The highest BCUT2D eigenvalue weighted by atomic mass is 32.2. The minimum atomic E-state index is -3.14. The third-order valence-corrected chi connectivity index (χ3v) is 3.95. The third kappa shape index (κ3) is 1.31. The second kappa shape index (κ2) is 2.88. The highest BCUT2D eigenvalue weighted by molar-refractivity contribution is 8.00. The van der Waals surface area contributed by atoms with Crippen LogP contribution < -0.4 is 4.72 Å². The average Bonchev–Trinajstić information content (AvgIpc) is 2.55. The van der Waals surface area contributed by atoms with Crippen molar-refractivity contribution in [3.05, 3.63) is 23.0 Å². The van der Waals surface area contributed by atoms with Crippen molar-refractivity contribution >= 4 is 22.0 Å². The Morgan fingerprint density at radius 1 is 1.58 bits per heavy atom. The Morgan fingerprint density at radius 2 is 2.42 bits per heavy atom. The fourth-order valence-corrected chi connectivity index (χ4v) is 3.08. The lowest BCUT2D eigenvalue weighted by atomic mass is 10.5. The van der Waals surface area contributed by atoms with E-state index in [2.05, 4.69) is 4.72 Å². The lowest BCUT2D eigenvalue weighted by Gasteiger charge is -2.19. The van der Waals surface area contributed by atoms with Crippen LogP contribution in [0.3, 0.4) is 0 Å². The quantitative estimate of drug-likeness (QED) is 0.621. The van der Waals surface area contributed by atoms with Gasteiger partial charge in [0.05, 0.1) is 0 Å². The van der Waals surface area contributed by atoms with Crippen LogP contribution in [0.5, 0.6) is 0 Å². The molecule has 0 saturated heterocycles. The van der Waals surface area contributed by atoms with Crippen LogP contribution in [0.15, 0.2) is 23.0 Å². The first-order valence-electron chi connectivity index (χ1n) is 3.46. The molecule has 2 rings (SSSR count). The Bertz CT molecular complexity index is 333. The van der Waals surface area contributed by atoms with Gasteiger partial charge < -0.3 is 0 Å². The maximum absolute atomic E-state index is 11.3. The second-order valence-electron chi connectivity index (χ2n) is 2.50. The monoisotopic (exact) mass is 204 g/mol. The van der Waals surface area contributed by atoms with Crippen molar-refractivity contribution in [3.63, 3.8) is 0 Å². The molecule has 2 aliphatic heterocycles. The van der Waals surface area contributed by atoms with Crippen molar-refractivity contribution in [2.45, 2.75) is 6.17 Å². The van der Waals surface area contributed by atoms with Gasteiger partial charge in [0, 0.05) is 12.0 Å². The van der Waals surface area contributed by atoms with E-state index in [0.717, 1.165) is 0 Å². The molecule has 0 aromatic rings. The SMILES string of the molecule is O=S1(=O)C=CCN1C1C=CSN1. The maximum Gasteiger partial charge on any atom is 0.237 e. The van der Waals surface area contributed by atoms with Gasteiger partial charge >= 0.3 is 0 Å². The number of nitrogens with zero attached hydrogens (tertiary/aromatic N) is 1. The molecule has 0 aliphatic carbocycles. The third-order valence-electron chi connectivity index (χ3n) is 1.71. The van der Waals surface area contributed by atoms with Crippen molar-refractivity contribution in [1.29, 1.82) is 0 Å². The normalized spacial score (nSPS) is 33.2. The molecule has 1 N–H and O–H groups in total. The fraction of sp³-hybridized carbons (Fsp3) is 0.333. The summed E-state index contributed by atoms with van der Waals surface area (Å²) < 4.78 is 27.0. The Hall–Kier alpha value is -0.300. The topological polar surface area (TPSA) is 49.4 Å². The molecule has 12 heavy (non-hydrogen) atoms. The van der Waals surface area contributed by atoms with Gasteiger partial charge in [0.2, 0.25) is 10.0 Å². The van der Waals surface area contributed by atoms with Crippen LogP contribution in [0.2, 0.25) is 0 Å². The number of hydrogen-bond donors (Lipinski definition) is 1. The first kappa shape index (κ1) is 8.31. The first-order valence-corrected chi connectivity index (χ1v) is 5.85. The van der Waals surface area contributed by atoms with Gasteiger partial charge in [-0.05, 0) is 11.5 Å². The lowest BCUT2D eigenvalue weighted by Crippen LogP contribution is -2.40. The molecule has 0 spiro atoms. The first-order chi connectivity index (χ1) is 5.70. The van der Waals surface area contributed by atoms with Crippen LogP contribution in [0.25, 0.3) is 0 Å². The van der Waals surface area contributed by atoms with Crippen LogP contribution in [-0.2, 0) is 10.0 Å². The molecule has 0 saturated carbocycles. The van der Waals surface area contributed by atoms with Crippen molar-refractivity contribution < 1.29 is 8.42 Å². The predicted octanol–water partition coefficient (Wildman–Crippen LogP) is 0.237. The van der Waals surface area contributed by atoms with E-state index in [9.17, 15) is 8.42 Å². The van der Waals surface area contributed by atoms with Crippen molar-refractivity contribution in [1.82, 2.24) is 9.03 Å². The second-order valence-corrected chi connectivity index (χ2v) is 5.01. The van der Waals surface area contributed by atoms with Gasteiger partial charge in [0.1, 0.15) is 6.17 Å². The molecule has 2 aliphatic rings. The zero-order valence-corrected chi connectivity index (χ0v) is 7.81. The molecule has 2 heterocycles. The summed E-state index contributed by atoms with van der Waals surface area (Å²) in [6, 6.07) is 0. The number of sulfonamides is 1. The van der Waals surface area contributed by atoms with Crippen molar-refractivity contribution in [3.8, 4) is 0 Å². The number of hydrogen-bond acceptors (Lipinski definition) is 4. The Labute approximate surface area is 75.5 Å². The molecule has 6 heteroatoms. The van der Waals surface area contributed by atoms with Crippen LogP contribution in [0.1, 0.15) is 0 Å². The largest absolute Gasteiger partial charge is 0.239 e. The van der Waals surface area contributed by atoms with Gasteiger partial charge in [-0.25, -0.2) is 13.1 Å². The molecule has 4 nitrogen and oxygen atoms in total. The van der Waals surface area contributed by atoms with Gasteiger partial charge in [0.15, 0.2) is 0 Å². The average molecular weight is 204 g/mol. The summed E-state index contributed by atoms with van der Waals surface area (Å²) in [5.41, 5.74) is 0. The molecule has 0 bridgehead atoms. The summed E-state index contributed by atoms with van der Waals surface area (Å²) in [4.78, 5) is 0. The van der Waals surface area contributed by atoms with Gasteiger partial charge in [-0.1, -0.05) is 18.0 Å². The van der Waals surface area contributed by atoms with E-state index in [0.29, 0.717) is 6.54 Å².